The van der Waals surface area contributed by atoms with Crippen molar-refractivity contribution in [2.45, 2.75) is 25.4 Å². The third kappa shape index (κ3) is 3.18. The van der Waals surface area contributed by atoms with Crippen molar-refractivity contribution < 1.29 is 9.47 Å². The Bertz CT molecular complexity index is 313. The van der Waals surface area contributed by atoms with Gasteiger partial charge in [-0.1, -0.05) is 0 Å². The molecule has 1 unspecified atom stereocenters. The predicted octanol–water partition coefficient (Wildman–Crippen LogP) is 2.79. The fraction of sp³-hybridized carbons (Fsp3) is 0.545. The number of aromatic nitrogens is 1. The second kappa shape index (κ2) is 5.47. The van der Waals surface area contributed by atoms with Gasteiger partial charge < -0.3 is 9.47 Å². The van der Waals surface area contributed by atoms with Gasteiger partial charge in [0.05, 0.1) is 6.10 Å². The van der Waals surface area contributed by atoms with Gasteiger partial charge in [-0.2, -0.15) is 0 Å². The minimum absolute atomic E-state index is 0.242. The molecule has 0 saturated carbocycles. The lowest BCUT2D eigenvalue weighted by atomic mass is 10.1. The van der Waals surface area contributed by atoms with Crippen molar-refractivity contribution in [3.8, 4) is 5.75 Å². The highest BCUT2D eigenvalue weighted by molar-refractivity contribution is 9.10. The van der Waals surface area contributed by atoms with E-state index in [1.54, 1.807) is 6.20 Å². The topological polar surface area (TPSA) is 31.4 Å². The summed E-state index contributed by atoms with van der Waals surface area (Å²) in [4.78, 5) is 4.09. The molecular formula is C11H14BrNO2. The summed E-state index contributed by atoms with van der Waals surface area (Å²) < 4.78 is 12.0. The second-order valence-electron chi connectivity index (χ2n) is 3.59. The quantitative estimate of drug-likeness (QED) is 0.793. The molecule has 0 aromatic carbocycles. The first-order chi connectivity index (χ1) is 7.36. The largest absolute Gasteiger partial charge is 0.488 e. The van der Waals surface area contributed by atoms with Crippen LogP contribution in [0.2, 0.25) is 0 Å². The second-order valence-corrected chi connectivity index (χ2v) is 4.34. The lowest BCUT2D eigenvalue weighted by molar-refractivity contribution is -0.0112. The first-order valence-corrected chi connectivity index (χ1v) is 6.00. The van der Waals surface area contributed by atoms with Gasteiger partial charge in [0.15, 0.2) is 5.75 Å². The van der Waals surface area contributed by atoms with Gasteiger partial charge in [0.25, 0.3) is 0 Å². The summed E-state index contributed by atoms with van der Waals surface area (Å²) in [6.07, 6.45) is 5.48. The van der Waals surface area contributed by atoms with Gasteiger partial charge in [0, 0.05) is 12.8 Å². The number of rotatable bonds is 3. The fourth-order valence-electron chi connectivity index (χ4n) is 1.60. The van der Waals surface area contributed by atoms with Gasteiger partial charge in [-0.05, 0) is 47.3 Å². The van der Waals surface area contributed by atoms with Gasteiger partial charge in [-0.25, -0.2) is 4.98 Å². The van der Waals surface area contributed by atoms with Crippen LogP contribution in [-0.2, 0) is 4.74 Å². The van der Waals surface area contributed by atoms with Crippen molar-refractivity contribution in [3.05, 3.63) is 22.9 Å². The molecule has 1 aliphatic heterocycles. The smallest absolute Gasteiger partial charge is 0.152 e. The molecule has 1 aromatic heterocycles. The van der Waals surface area contributed by atoms with E-state index in [1.807, 2.05) is 12.1 Å². The zero-order valence-corrected chi connectivity index (χ0v) is 10.1. The van der Waals surface area contributed by atoms with Crippen LogP contribution in [-0.4, -0.2) is 24.3 Å². The van der Waals surface area contributed by atoms with Crippen molar-refractivity contribution >= 4 is 15.9 Å². The molecule has 0 spiro atoms. The molecule has 0 radical (unpaired) electrons. The highest BCUT2D eigenvalue weighted by Gasteiger charge is 2.14. The molecular weight excluding hydrogens is 258 g/mol. The predicted molar refractivity (Wildman–Crippen MR) is 61.0 cm³/mol. The number of ether oxygens (including phenoxy) is 2. The molecule has 0 aliphatic carbocycles. The van der Waals surface area contributed by atoms with Gasteiger partial charge in [0.1, 0.15) is 11.2 Å². The van der Waals surface area contributed by atoms with E-state index in [1.165, 1.54) is 12.8 Å². The average Bonchev–Trinajstić information content (AvgIpc) is 2.29. The van der Waals surface area contributed by atoms with Crippen LogP contribution in [0.3, 0.4) is 0 Å². The van der Waals surface area contributed by atoms with E-state index in [0.717, 1.165) is 23.4 Å². The summed E-state index contributed by atoms with van der Waals surface area (Å²) in [5.41, 5.74) is 0. The molecule has 0 bridgehead atoms. The van der Waals surface area contributed by atoms with Crippen molar-refractivity contribution in [2.75, 3.05) is 13.2 Å². The molecule has 15 heavy (non-hydrogen) atoms. The van der Waals surface area contributed by atoms with Crippen molar-refractivity contribution in [1.82, 2.24) is 4.98 Å². The normalized spacial score (nSPS) is 21.3. The molecule has 1 saturated heterocycles. The molecule has 0 N–H and O–H groups in total. The van der Waals surface area contributed by atoms with Crippen LogP contribution in [0.4, 0.5) is 0 Å². The Morgan fingerprint density at radius 3 is 3.20 bits per heavy atom. The van der Waals surface area contributed by atoms with Gasteiger partial charge in [0.2, 0.25) is 0 Å². The van der Waals surface area contributed by atoms with Crippen molar-refractivity contribution in [2.24, 2.45) is 0 Å². The van der Waals surface area contributed by atoms with Crippen LogP contribution in [0.15, 0.2) is 22.9 Å². The van der Waals surface area contributed by atoms with Gasteiger partial charge in [-0.3, -0.25) is 0 Å². The third-order valence-electron chi connectivity index (χ3n) is 2.42. The summed E-state index contributed by atoms with van der Waals surface area (Å²) in [6.45, 7) is 1.48. The standard InChI is InChI=1S/C11H14BrNO2/c12-11-10(5-3-6-13-11)15-8-9-4-1-2-7-14-9/h3,5-6,9H,1-2,4,7-8H2. The summed E-state index contributed by atoms with van der Waals surface area (Å²) in [7, 11) is 0. The lowest BCUT2D eigenvalue weighted by Gasteiger charge is -2.22. The number of halogens is 1. The highest BCUT2D eigenvalue weighted by Crippen LogP contribution is 2.22. The third-order valence-corrected chi connectivity index (χ3v) is 3.02. The first kappa shape index (κ1) is 10.9. The number of nitrogens with zero attached hydrogens (tertiary/aromatic N) is 1. The molecule has 0 amide bonds. The van der Waals surface area contributed by atoms with Crippen LogP contribution in [0, 0.1) is 0 Å². The van der Waals surface area contributed by atoms with Gasteiger partial charge in [-0.15, -0.1) is 0 Å². The highest BCUT2D eigenvalue weighted by atomic mass is 79.9. The van der Waals surface area contributed by atoms with E-state index < -0.39 is 0 Å². The molecule has 2 rings (SSSR count). The number of hydrogen-bond acceptors (Lipinski definition) is 3. The van der Waals surface area contributed by atoms with Crippen molar-refractivity contribution in [1.29, 1.82) is 0 Å². The Balaban J connectivity index is 1.84. The maximum Gasteiger partial charge on any atom is 0.152 e. The SMILES string of the molecule is Brc1ncccc1OCC1CCCCO1. The van der Waals surface area contributed by atoms with Crippen LogP contribution in [0.1, 0.15) is 19.3 Å². The summed E-state index contributed by atoms with van der Waals surface area (Å²) >= 11 is 3.34. The van der Waals surface area contributed by atoms with E-state index in [2.05, 4.69) is 20.9 Å². The number of pyridine rings is 1. The number of hydrogen-bond donors (Lipinski definition) is 0. The first-order valence-electron chi connectivity index (χ1n) is 5.21. The average molecular weight is 272 g/mol. The molecule has 1 aromatic rings. The van der Waals surface area contributed by atoms with Crippen LogP contribution < -0.4 is 4.74 Å². The summed E-state index contributed by atoms with van der Waals surface area (Å²) in [5, 5.41) is 0. The zero-order valence-electron chi connectivity index (χ0n) is 8.49. The van der Waals surface area contributed by atoms with Crippen LogP contribution >= 0.6 is 15.9 Å². The lowest BCUT2D eigenvalue weighted by Crippen LogP contribution is -2.25. The van der Waals surface area contributed by atoms with Crippen LogP contribution in [0.5, 0.6) is 5.75 Å². The van der Waals surface area contributed by atoms with E-state index in [-0.39, 0.29) is 6.10 Å². The molecule has 1 fully saturated rings. The van der Waals surface area contributed by atoms with E-state index >= 15 is 0 Å². The minimum Gasteiger partial charge on any atom is -0.488 e. The summed E-state index contributed by atoms with van der Waals surface area (Å²) in [5.74, 6) is 0.784. The maximum atomic E-state index is 5.64. The van der Waals surface area contributed by atoms with E-state index in [4.69, 9.17) is 9.47 Å². The summed E-state index contributed by atoms with van der Waals surface area (Å²) in [6, 6.07) is 3.77. The molecule has 1 aliphatic rings. The van der Waals surface area contributed by atoms with E-state index in [9.17, 15) is 0 Å². The van der Waals surface area contributed by atoms with Crippen LogP contribution in [0.25, 0.3) is 0 Å². The Labute approximate surface area is 97.9 Å². The fourth-order valence-corrected chi connectivity index (χ4v) is 1.97. The Morgan fingerprint density at radius 1 is 1.53 bits per heavy atom. The van der Waals surface area contributed by atoms with E-state index in [0.29, 0.717) is 6.61 Å². The molecule has 82 valence electrons. The molecule has 3 nitrogen and oxygen atoms in total. The monoisotopic (exact) mass is 271 g/mol. The molecule has 4 heteroatoms. The molecule has 1 atom stereocenters. The Hall–Kier alpha value is -0.610. The maximum absolute atomic E-state index is 5.64. The minimum atomic E-state index is 0.242. The molecule has 2 heterocycles. The van der Waals surface area contributed by atoms with Gasteiger partial charge >= 0.3 is 0 Å². The Morgan fingerprint density at radius 2 is 2.47 bits per heavy atom. The van der Waals surface area contributed by atoms with Crippen molar-refractivity contribution in [3.63, 3.8) is 0 Å². The zero-order chi connectivity index (χ0) is 10.5. The Kier molecular flexibility index (Phi) is 3.97.